The monoisotopic (exact) mass is 407 g/mol. The van der Waals surface area contributed by atoms with E-state index in [1.165, 1.54) is 0 Å². The van der Waals surface area contributed by atoms with E-state index in [2.05, 4.69) is 31.3 Å². The van der Waals surface area contributed by atoms with Crippen molar-refractivity contribution in [2.24, 2.45) is 0 Å². The molecule has 0 unspecified atom stereocenters. The molecule has 4 rings (SSSR count). The Morgan fingerprint density at radius 2 is 1.90 bits per heavy atom. The molecule has 158 valence electrons. The first-order valence-corrected chi connectivity index (χ1v) is 10.5. The minimum atomic E-state index is 0.676. The van der Waals surface area contributed by atoms with Gasteiger partial charge in [0, 0.05) is 44.0 Å². The maximum Gasteiger partial charge on any atom is 0.151 e. The van der Waals surface area contributed by atoms with Gasteiger partial charge >= 0.3 is 0 Å². The van der Waals surface area contributed by atoms with Crippen LogP contribution in [0.25, 0.3) is 11.3 Å². The predicted octanol–water partition coefficient (Wildman–Crippen LogP) is 3.05. The van der Waals surface area contributed by atoms with Gasteiger partial charge in [-0.25, -0.2) is 4.98 Å². The summed E-state index contributed by atoms with van der Waals surface area (Å²) < 4.78 is 10.9. The summed E-state index contributed by atoms with van der Waals surface area (Å²) in [4.78, 5) is 9.33. The highest BCUT2D eigenvalue weighted by Gasteiger charge is 2.17. The Hall–Kier alpha value is -2.90. The second-order valence-electron chi connectivity index (χ2n) is 7.43. The zero-order valence-electron chi connectivity index (χ0n) is 17.5. The van der Waals surface area contributed by atoms with Gasteiger partial charge in [0.2, 0.25) is 0 Å². The lowest BCUT2D eigenvalue weighted by Crippen LogP contribution is -2.47. The maximum absolute atomic E-state index is 5.48. The van der Waals surface area contributed by atoms with Gasteiger partial charge in [-0.05, 0) is 43.8 Å². The van der Waals surface area contributed by atoms with Crippen molar-refractivity contribution in [2.75, 3.05) is 51.3 Å². The molecule has 1 aromatic carbocycles. The van der Waals surface area contributed by atoms with E-state index in [9.17, 15) is 0 Å². The first-order valence-electron chi connectivity index (χ1n) is 10.5. The first kappa shape index (κ1) is 20.4. The average molecular weight is 408 g/mol. The second kappa shape index (κ2) is 10.2. The number of rotatable bonds is 9. The molecule has 3 aromatic rings. The second-order valence-corrected chi connectivity index (χ2v) is 7.43. The number of methoxy groups -OCH3 is 1. The Kier molecular flexibility index (Phi) is 6.95. The molecule has 30 heavy (non-hydrogen) atoms. The molecular formula is C23H29N5O2. The molecule has 1 saturated heterocycles. The van der Waals surface area contributed by atoms with Gasteiger partial charge in [0.1, 0.15) is 17.3 Å². The molecule has 0 spiro atoms. The lowest BCUT2D eigenvalue weighted by atomic mass is 10.1. The molecule has 0 saturated carbocycles. The third-order valence-corrected chi connectivity index (χ3v) is 5.41. The lowest BCUT2D eigenvalue weighted by molar-refractivity contribution is 0.252. The van der Waals surface area contributed by atoms with E-state index < -0.39 is 0 Å². The van der Waals surface area contributed by atoms with Crippen molar-refractivity contribution in [3.8, 4) is 17.0 Å². The largest absolute Gasteiger partial charge is 0.496 e. The summed E-state index contributed by atoms with van der Waals surface area (Å²) >= 11 is 0. The number of nitrogens with one attached hydrogen (secondary N) is 1. The Morgan fingerprint density at radius 3 is 2.70 bits per heavy atom. The van der Waals surface area contributed by atoms with E-state index in [0.29, 0.717) is 6.54 Å². The van der Waals surface area contributed by atoms with Crippen LogP contribution in [-0.4, -0.2) is 61.4 Å². The Labute approximate surface area is 177 Å². The van der Waals surface area contributed by atoms with E-state index in [1.807, 2.05) is 48.7 Å². The molecule has 1 fully saturated rings. The summed E-state index contributed by atoms with van der Waals surface area (Å²) in [6.07, 6.45) is 2.97. The summed E-state index contributed by atoms with van der Waals surface area (Å²) in [5, 5.41) is 7.64. The van der Waals surface area contributed by atoms with E-state index >= 15 is 0 Å². The Bertz CT molecular complexity index is 907. The molecule has 2 aromatic heterocycles. The topological polar surface area (TPSA) is 66.7 Å². The van der Waals surface area contributed by atoms with Gasteiger partial charge in [0.25, 0.3) is 0 Å². The Balaban J connectivity index is 1.15. The summed E-state index contributed by atoms with van der Waals surface area (Å²) in [5.74, 6) is 2.71. The standard InChI is InChI=1S/C23H29N5O2/c1-29-22-8-3-2-7-20(22)21-17-19(30-26-21)18-24-10-6-12-27-13-15-28(16-14-27)23-9-4-5-11-25-23/h2-5,7-9,11,17,24H,6,10,12-16,18H2,1H3. The molecule has 7 nitrogen and oxygen atoms in total. The van der Waals surface area contributed by atoms with Crippen LogP contribution in [0.1, 0.15) is 12.2 Å². The third kappa shape index (κ3) is 5.17. The highest BCUT2D eigenvalue weighted by atomic mass is 16.5. The normalized spacial score (nSPS) is 14.8. The number of benzene rings is 1. The number of ether oxygens (including phenoxy) is 1. The average Bonchev–Trinajstić information content (AvgIpc) is 3.28. The third-order valence-electron chi connectivity index (χ3n) is 5.41. The van der Waals surface area contributed by atoms with Crippen molar-refractivity contribution >= 4 is 5.82 Å². The van der Waals surface area contributed by atoms with Crippen LogP contribution >= 0.6 is 0 Å². The fraction of sp³-hybridized carbons (Fsp3) is 0.391. The van der Waals surface area contributed by atoms with Crippen molar-refractivity contribution in [1.82, 2.24) is 20.4 Å². The molecule has 0 aliphatic carbocycles. The number of hydrogen-bond donors (Lipinski definition) is 1. The predicted molar refractivity (Wildman–Crippen MR) is 118 cm³/mol. The molecular weight excluding hydrogens is 378 g/mol. The lowest BCUT2D eigenvalue weighted by Gasteiger charge is -2.35. The zero-order valence-corrected chi connectivity index (χ0v) is 17.5. The maximum atomic E-state index is 5.48. The van der Waals surface area contributed by atoms with Gasteiger partial charge in [0.15, 0.2) is 5.76 Å². The minimum absolute atomic E-state index is 0.676. The van der Waals surface area contributed by atoms with Crippen LogP contribution in [0.4, 0.5) is 5.82 Å². The van der Waals surface area contributed by atoms with Crippen LogP contribution in [0.5, 0.6) is 5.75 Å². The van der Waals surface area contributed by atoms with Gasteiger partial charge in [-0.2, -0.15) is 0 Å². The molecule has 0 amide bonds. The smallest absolute Gasteiger partial charge is 0.151 e. The van der Waals surface area contributed by atoms with Crippen LogP contribution < -0.4 is 15.0 Å². The van der Waals surface area contributed by atoms with Crippen molar-refractivity contribution in [3.05, 3.63) is 60.5 Å². The van der Waals surface area contributed by atoms with Crippen molar-refractivity contribution in [3.63, 3.8) is 0 Å². The number of para-hydroxylation sites is 1. The van der Waals surface area contributed by atoms with Crippen LogP contribution in [0.2, 0.25) is 0 Å². The number of anilines is 1. The molecule has 1 N–H and O–H groups in total. The van der Waals surface area contributed by atoms with Crippen LogP contribution in [0.3, 0.4) is 0 Å². The molecule has 1 aliphatic rings. The van der Waals surface area contributed by atoms with Crippen LogP contribution in [0.15, 0.2) is 59.3 Å². The van der Waals surface area contributed by atoms with Crippen molar-refractivity contribution < 1.29 is 9.26 Å². The first-order chi connectivity index (χ1) is 14.8. The number of hydrogen-bond acceptors (Lipinski definition) is 7. The summed E-state index contributed by atoms with van der Waals surface area (Å²) in [6.45, 7) is 6.97. The molecule has 0 bridgehead atoms. The van der Waals surface area contributed by atoms with Gasteiger partial charge in [-0.3, -0.25) is 4.90 Å². The SMILES string of the molecule is COc1ccccc1-c1cc(CNCCCN2CCN(c3ccccn3)CC2)on1. The summed E-state index contributed by atoms with van der Waals surface area (Å²) in [6, 6.07) is 15.9. The number of piperazine rings is 1. The highest BCUT2D eigenvalue weighted by Crippen LogP contribution is 2.28. The number of aromatic nitrogens is 2. The van der Waals surface area contributed by atoms with E-state index in [-0.39, 0.29) is 0 Å². The molecule has 7 heteroatoms. The number of nitrogens with zero attached hydrogens (tertiary/aromatic N) is 4. The zero-order chi connectivity index (χ0) is 20.6. The van der Waals surface area contributed by atoms with E-state index in [1.54, 1.807) is 7.11 Å². The van der Waals surface area contributed by atoms with Crippen LogP contribution in [-0.2, 0) is 6.54 Å². The molecule has 1 aliphatic heterocycles. The molecule has 0 radical (unpaired) electrons. The summed E-state index contributed by atoms with van der Waals surface area (Å²) in [7, 11) is 1.67. The van der Waals surface area contributed by atoms with Crippen molar-refractivity contribution in [2.45, 2.75) is 13.0 Å². The Morgan fingerprint density at radius 1 is 1.07 bits per heavy atom. The fourth-order valence-corrected chi connectivity index (χ4v) is 3.76. The van der Waals surface area contributed by atoms with Gasteiger partial charge in [-0.15, -0.1) is 0 Å². The van der Waals surface area contributed by atoms with E-state index in [0.717, 1.165) is 74.3 Å². The van der Waals surface area contributed by atoms with Crippen molar-refractivity contribution in [1.29, 1.82) is 0 Å². The van der Waals surface area contributed by atoms with Gasteiger partial charge in [0.05, 0.1) is 13.7 Å². The van der Waals surface area contributed by atoms with E-state index in [4.69, 9.17) is 9.26 Å². The quantitative estimate of drug-likeness (QED) is 0.547. The molecule has 0 atom stereocenters. The number of pyridine rings is 1. The van der Waals surface area contributed by atoms with Crippen LogP contribution in [0, 0.1) is 0 Å². The highest BCUT2D eigenvalue weighted by molar-refractivity contribution is 5.66. The molecule has 3 heterocycles. The summed E-state index contributed by atoms with van der Waals surface area (Å²) in [5.41, 5.74) is 1.75. The fourth-order valence-electron chi connectivity index (χ4n) is 3.76. The van der Waals surface area contributed by atoms with Gasteiger partial charge < -0.3 is 19.5 Å². The van der Waals surface area contributed by atoms with Gasteiger partial charge in [-0.1, -0.05) is 23.4 Å². The minimum Gasteiger partial charge on any atom is -0.496 e.